The summed E-state index contributed by atoms with van der Waals surface area (Å²) in [4.78, 5) is 12.2. The first-order chi connectivity index (χ1) is 4.83. The van der Waals surface area contributed by atoms with Crippen LogP contribution in [0.3, 0.4) is 0 Å². The van der Waals surface area contributed by atoms with Crippen molar-refractivity contribution < 1.29 is 15.0 Å². The topological polar surface area (TPSA) is 60.8 Å². The SMILES string of the molecule is CC(O)C(C)(C(=O)O)N(C)C. The average molecular weight is 161 g/mol. The van der Waals surface area contributed by atoms with Crippen molar-refractivity contribution in [3.8, 4) is 0 Å². The van der Waals surface area contributed by atoms with Crippen LogP contribution in [0.5, 0.6) is 0 Å². The number of hydrogen-bond donors (Lipinski definition) is 2. The van der Waals surface area contributed by atoms with Gasteiger partial charge in [-0.25, -0.2) is 0 Å². The molecule has 0 rings (SSSR count). The van der Waals surface area contributed by atoms with Crippen LogP contribution in [-0.2, 0) is 4.79 Å². The number of nitrogens with zero attached hydrogens (tertiary/aromatic N) is 1. The standard InChI is InChI=1S/C7H15NO3/c1-5(9)7(2,6(10)11)8(3)4/h5,9H,1-4H3,(H,10,11). The minimum Gasteiger partial charge on any atom is -0.480 e. The summed E-state index contributed by atoms with van der Waals surface area (Å²) in [5.74, 6) is -1.02. The maximum Gasteiger partial charge on any atom is 0.326 e. The Morgan fingerprint density at radius 3 is 1.91 bits per heavy atom. The van der Waals surface area contributed by atoms with Crippen molar-refractivity contribution in [2.24, 2.45) is 0 Å². The van der Waals surface area contributed by atoms with Gasteiger partial charge >= 0.3 is 5.97 Å². The molecule has 0 aromatic heterocycles. The first-order valence-electron chi connectivity index (χ1n) is 3.42. The molecule has 66 valence electrons. The van der Waals surface area contributed by atoms with Crippen molar-refractivity contribution in [2.45, 2.75) is 25.5 Å². The van der Waals surface area contributed by atoms with Gasteiger partial charge in [-0.1, -0.05) is 0 Å². The highest BCUT2D eigenvalue weighted by Crippen LogP contribution is 2.16. The first kappa shape index (κ1) is 10.4. The third-order valence-electron chi connectivity index (χ3n) is 2.18. The zero-order chi connectivity index (χ0) is 9.23. The lowest BCUT2D eigenvalue weighted by Crippen LogP contribution is -2.56. The Hall–Kier alpha value is -0.610. The molecule has 0 fully saturated rings. The van der Waals surface area contributed by atoms with Gasteiger partial charge < -0.3 is 10.2 Å². The molecule has 0 aliphatic heterocycles. The van der Waals surface area contributed by atoms with E-state index in [1.165, 1.54) is 18.7 Å². The van der Waals surface area contributed by atoms with Gasteiger partial charge in [-0.15, -0.1) is 0 Å². The third kappa shape index (κ3) is 1.70. The molecule has 0 radical (unpaired) electrons. The van der Waals surface area contributed by atoms with Gasteiger partial charge in [-0.05, 0) is 27.9 Å². The second kappa shape index (κ2) is 3.19. The summed E-state index contributed by atoms with van der Waals surface area (Å²) in [6.07, 6.45) is -0.894. The number of aliphatic hydroxyl groups is 1. The van der Waals surface area contributed by atoms with E-state index in [2.05, 4.69) is 0 Å². The summed E-state index contributed by atoms with van der Waals surface area (Å²) in [6, 6.07) is 0. The van der Waals surface area contributed by atoms with Crippen molar-refractivity contribution in [2.75, 3.05) is 14.1 Å². The fourth-order valence-electron chi connectivity index (χ4n) is 0.744. The van der Waals surface area contributed by atoms with Crippen LogP contribution in [0.1, 0.15) is 13.8 Å². The zero-order valence-corrected chi connectivity index (χ0v) is 7.33. The molecular formula is C7H15NO3. The molecule has 0 spiro atoms. The largest absolute Gasteiger partial charge is 0.480 e. The summed E-state index contributed by atoms with van der Waals surface area (Å²) < 4.78 is 0. The monoisotopic (exact) mass is 161 g/mol. The second-order valence-electron chi connectivity index (χ2n) is 3.02. The molecule has 2 unspecified atom stereocenters. The molecule has 4 heteroatoms. The molecule has 0 saturated carbocycles. The van der Waals surface area contributed by atoms with E-state index in [1.54, 1.807) is 14.1 Å². The summed E-state index contributed by atoms with van der Waals surface area (Å²) in [5, 5.41) is 18.0. The minimum atomic E-state index is -1.19. The molecule has 4 nitrogen and oxygen atoms in total. The van der Waals surface area contributed by atoms with Crippen LogP contribution in [-0.4, -0.2) is 46.8 Å². The quantitative estimate of drug-likeness (QED) is 0.600. The fourth-order valence-corrected chi connectivity index (χ4v) is 0.744. The van der Waals surface area contributed by atoms with Crippen LogP contribution in [0.15, 0.2) is 0 Å². The molecule has 0 aliphatic carbocycles. The van der Waals surface area contributed by atoms with Crippen LogP contribution in [0, 0.1) is 0 Å². The highest BCUT2D eigenvalue weighted by Gasteiger charge is 2.40. The molecule has 0 aromatic rings. The molecular weight excluding hydrogens is 146 g/mol. The van der Waals surface area contributed by atoms with Crippen molar-refractivity contribution in [1.29, 1.82) is 0 Å². The van der Waals surface area contributed by atoms with Gasteiger partial charge in [0.05, 0.1) is 6.10 Å². The summed E-state index contributed by atoms with van der Waals surface area (Å²) >= 11 is 0. The molecule has 0 bridgehead atoms. The number of aliphatic carboxylic acids is 1. The van der Waals surface area contributed by atoms with Crippen molar-refractivity contribution >= 4 is 5.97 Å². The maximum absolute atomic E-state index is 10.7. The summed E-state index contributed by atoms with van der Waals surface area (Å²) in [6.45, 7) is 2.95. The molecule has 0 aliphatic rings. The maximum atomic E-state index is 10.7. The number of aliphatic hydroxyl groups excluding tert-OH is 1. The van der Waals surface area contributed by atoms with Gasteiger partial charge in [0.25, 0.3) is 0 Å². The molecule has 0 saturated heterocycles. The molecule has 0 amide bonds. The molecule has 11 heavy (non-hydrogen) atoms. The van der Waals surface area contributed by atoms with E-state index in [9.17, 15) is 9.90 Å². The van der Waals surface area contributed by atoms with Crippen LogP contribution in [0.4, 0.5) is 0 Å². The Labute approximate surface area is 66.4 Å². The van der Waals surface area contributed by atoms with E-state index in [0.29, 0.717) is 0 Å². The van der Waals surface area contributed by atoms with Gasteiger partial charge in [0, 0.05) is 0 Å². The Morgan fingerprint density at radius 1 is 1.55 bits per heavy atom. The number of carboxylic acids is 1. The van der Waals surface area contributed by atoms with Gasteiger partial charge in [-0.3, -0.25) is 9.69 Å². The van der Waals surface area contributed by atoms with Crippen LogP contribution in [0.2, 0.25) is 0 Å². The highest BCUT2D eigenvalue weighted by atomic mass is 16.4. The normalized spacial score (nSPS) is 19.5. The predicted molar refractivity (Wildman–Crippen MR) is 41.4 cm³/mol. The number of likely N-dealkylation sites (N-methyl/N-ethyl adjacent to an activating group) is 1. The lowest BCUT2D eigenvalue weighted by Gasteiger charge is -2.34. The summed E-state index contributed by atoms with van der Waals surface area (Å²) in [5.41, 5.74) is -1.19. The van der Waals surface area contributed by atoms with E-state index in [0.717, 1.165) is 0 Å². The van der Waals surface area contributed by atoms with E-state index in [4.69, 9.17) is 5.11 Å². The van der Waals surface area contributed by atoms with E-state index in [-0.39, 0.29) is 0 Å². The predicted octanol–water partition coefficient (Wildman–Crippen LogP) is -0.228. The molecule has 2 N–H and O–H groups in total. The molecule has 0 aromatic carbocycles. The smallest absolute Gasteiger partial charge is 0.326 e. The van der Waals surface area contributed by atoms with Gasteiger partial charge in [0.1, 0.15) is 5.54 Å². The van der Waals surface area contributed by atoms with E-state index >= 15 is 0 Å². The second-order valence-corrected chi connectivity index (χ2v) is 3.02. The van der Waals surface area contributed by atoms with Gasteiger partial charge in [-0.2, -0.15) is 0 Å². The fraction of sp³-hybridized carbons (Fsp3) is 0.857. The lowest BCUT2D eigenvalue weighted by molar-refractivity contribution is -0.155. The third-order valence-corrected chi connectivity index (χ3v) is 2.18. The molecule has 2 atom stereocenters. The van der Waals surface area contributed by atoms with E-state index < -0.39 is 17.6 Å². The molecule has 0 heterocycles. The van der Waals surface area contributed by atoms with Crippen molar-refractivity contribution in [3.63, 3.8) is 0 Å². The van der Waals surface area contributed by atoms with Gasteiger partial charge in [0.2, 0.25) is 0 Å². The highest BCUT2D eigenvalue weighted by molar-refractivity contribution is 5.78. The average Bonchev–Trinajstić information content (AvgIpc) is 1.84. The van der Waals surface area contributed by atoms with Crippen LogP contribution in [0.25, 0.3) is 0 Å². The number of hydrogen-bond acceptors (Lipinski definition) is 3. The van der Waals surface area contributed by atoms with Crippen LogP contribution >= 0.6 is 0 Å². The van der Waals surface area contributed by atoms with Crippen molar-refractivity contribution in [3.05, 3.63) is 0 Å². The van der Waals surface area contributed by atoms with Crippen LogP contribution < -0.4 is 0 Å². The van der Waals surface area contributed by atoms with Gasteiger partial charge in [0.15, 0.2) is 0 Å². The number of rotatable bonds is 3. The lowest BCUT2D eigenvalue weighted by atomic mass is 9.95. The Bertz CT molecular complexity index is 146. The number of carbonyl (C=O) groups is 1. The Kier molecular flexibility index (Phi) is 3.02. The first-order valence-corrected chi connectivity index (χ1v) is 3.42. The minimum absolute atomic E-state index is 0.894. The Balaban J connectivity index is 4.67. The summed E-state index contributed by atoms with van der Waals surface area (Å²) in [7, 11) is 3.25. The van der Waals surface area contributed by atoms with Crippen molar-refractivity contribution in [1.82, 2.24) is 4.90 Å². The number of carboxylic acid groups (broad SMARTS) is 1. The Morgan fingerprint density at radius 2 is 1.91 bits per heavy atom. The zero-order valence-electron chi connectivity index (χ0n) is 7.33. The van der Waals surface area contributed by atoms with E-state index in [1.807, 2.05) is 0 Å².